The van der Waals surface area contributed by atoms with E-state index >= 15 is 0 Å². The fraction of sp³-hybridized carbons (Fsp3) is 0.440. The van der Waals surface area contributed by atoms with Gasteiger partial charge in [0, 0.05) is 17.0 Å². The second-order valence-electron chi connectivity index (χ2n) is 8.08. The minimum absolute atomic E-state index is 0.109. The highest BCUT2D eigenvalue weighted by atomic mass is 32.2. The molecule has 0 atom stereocenters. The van der Waals surface area contributed by atoms with Crippen molar-refractivity contribution in [1.82, 2.24) is 14.8 Å². The number of ether oxygens (including phenoxy) is 4. The van der Waals surface area contributed by atoms with Gasteiger partial charge in [-0.3, -0.25) is 4.79 Å². The number of rotatable bonds is 11. The standard InChI is InChI=1S/C25H30N4O6S2/c1-6-29-22(14-11-16(32-3)21(34-5)17(12-14)33-4)27-28-25(29)36-13-19(30)26-23-20(24(31)35-7-2)15-9-8-10-18(15)37-23/h11-12H,6-10,13H2,1-5H3,(H,26,30). The van der Waals surface area contributed by atoms with Crippen LogP contribution in [-0.4, -0.2) is 60.3 Å². The van der Waals surface area contributed by atoms with Crippen molar-refractivity contribution in [2.24, 2.45) is 0 Å². The Hall–Kier alpha value is -3.25. The van der Waals surface area contributed by atoms with Crippen LogP contribution in [0.5, 0.6) is 17.2 Å². The van der Waals surface area contributed by atoms with Crippen molar-refractivity contribution >= 4 is 40.0 Å². The molecule has 37 heavy (non-hydrogen) atoms. The highest BCUT2D eigenvalue weighted by Gasteiger charge is 2.28. The maximum Gasteiger partial charge on any atom is 0.341 e. The normalized spacial score (nSPS) is 12.2. The highest BCUT2D eigenvalue weighted by molar-refractivity contribution is 7.99. The summed E-state index contributed by atoms with van der Waals surface area (Å²) >= 11 is 2.74. The van der Waals surface area contributed by atoms with Crippen LogP contribution in [0.25, 0.3) is 11.4 Å². The molecule has 2 aromatic heterocycles. The summed E-state index contributed by atoms with van der Waals surface area (Å²) in [5.41, 5.74) is 2.25. The van der Waals surface area contributed by atoms with Gasteiger partial charge >= 0.3 is 5.97 Å². The second-order valence-corrected chi connectivity index (χ2v) is 10.1. The van der Waals surface area contributed by atoms with Gasteiger partial charge in [0.05, 0.1) is 39.3 Å². The number of nitrogens with zero attached hydrogens (tertiary/aromatic N) is 3. The Kier molecular flexibility index (Phi) is 8.59. The van der Waals surface area contributed by atoms with Crippen molar-refractivity contribution in [3.8, 4) is 28.6 Å². The molecule has 1 aliphatic rings. The van der Waals surface area contributed by atoms with E-state index in [2.05, 4.69) is 15.5 Å². The van der Waals surface area contributed by atoms with Crippen LogP contribution in [0.2, 0.25) is 0 Å². The number of amides is 1. The Morgan fingerprint density at radius 3 is 2.43 bits per heavy atom. The van der Waals surface area contributed by atoms with Gasteiger partial charge in [0.1, 0.15) is 5.00 Å². The van der Waals surface area contributed by atoms with Gasteiger partial charge in [-0.15, -0.1) is 21.5 Å². The number of benzene rings is 1. The molecule has 1 aliphatic carbocycles. The summed E-state index contributed by atoms with van der Waals surface area (Å²) in [5, 5.41) is 12.8. The van der Waals surface area contributed by atoms with Gasteiger partial charge < -0.3 is 28.8 Å². The zero-order valence-electron chi connectivity index (χ0n) is 21.5. The van der Waals surface area contributed by atoms with Crippen molar-refractivity contribution in [2.75, 3.05) is 39.0 Å². The van der Waals surface area contributed by atoms with Crippen LogP contribution in [-0.2, 0) is 28.9 Å². The predicted octanol–water partition coefficient (Wildman–Crippen LogP) is 4.45. The third-order valence-corrected chi connectivity index (χ3v) is 8.12. The Labute approximate surface area is 223 Å². The number of methoxy groups -OCH3 is 3. The maximum atomic E-state index is 12.9. The third kappa shape index (κ3) is 5.40. The number of esters is 1. The molecule has 0 fully saturated rings. The molecule has 0 spiro atoms. The number of hydrogen-bond acceptors (Lipinski definition) is 10. The van der Waals surface area contributed by atoms with Gasteiger partial charge in [0.15, 0.2) is 22.5 Å². The third-order valence-electron chi connectivity index (χ3n) is 5.94. The Morgan fingerprint density at radius 2 is 1.81 bits per heavy atom. The largest absolute Gasteiger partial charge is 0.493 e. The van der Waals surface area contributed by atoms with Crippen molar-refractivity contribution in [1.29, 1.82) is 0 Å². The average molecular weight is 547 g/mol. The first kappa shape index (κ1) is 26.8. The number of aryl methyl sites for hydroxylation is 1. The van der Waals surface area contributed by atoms with E-state index in [4.69, 9.17) is 18.9 Å². The zero-order valence-corrected chi connectivity index (χ0v) is 23.1. The summed E-state index contributed by atoms with van der Waals surface area (Å²) in [7, 11) is 4.66. The monoisotopic (exact) mass is 546 g/mol. The number of fused-ring (bicyclic) bond motifs is 1. The summed E-state index contributed by atoms with van der Waals surface area (Å²) in [4.78, 5) is 26.6. The van der Waals surface area contributed by atoms with E-state index < -0.39 is 0 Å². The van der Waals surface area contributed by atoms with Crippen molar-refractivity contribution in [3.05, 3.63) is 28.1 Å². The smallest absolute Gasteiger partial charge is 0.341 e. The van der Waals surface area contributed by atoms with Crippen molar-refractivity contribution in [3.63, 3.8) is 0 Å². The van der Waals surface area contributed by atoms with Gasteiger partial charge in [-0.2, -0.15) is 0 Å². The molecular formula is C25H30N4O6S2. The molecule has 1 aromatic carbocycles. The Bertz CT molecular complexity index is 1280. The first-order chi connectivity index (χ1) is 17.9. The average Bonchev–Trinajstić information content (AvgIpc) is 3.60. The fourth-order valence-corrected chi connectivity index (χ4v) is 6.40. The molecule has 0 bridgehead atoms. The fourth-order valence-electron chi connectivity index (χ4n) is 4.31. The molecule has 1 amide bonds. The van der Waals surface area contributed by atoms with Crippen LogP contribution in [0.1, 0.15) is 41.1 Å². The van der Waals surface area contributed by atoms with Crippen molar-refractivity contribution < 1.29 is 28.5 Å². The molecule has 2 heterocycles. The minimum atomic E-state index is -0.384. The second kappa shape index (κ2) is 11.9. The molecule has 0 saturated heterocycles. The van der Waals surface area contributed by atoms with E-state index in [0.29, 0.717) is 45.3 Å². The highest BCUT2D eigenvalue weighted by Crippen LogP contribution is 2.42. The lowest BCUT2D eigenvalue weighted by Crippen LogP contribution is -2.17. The molecule has 4 rings (SSSR count). The molecule has 12 heteroatoms. The van der Waals surface area contributed by atoms with Gasteiger partial charge in [0.2, 0.25) is 11.7 Å². The summed E-state index contributed by atoms with van der Waals surface area (Å²) in [6.45, 7) is 4.63. The zero-order chi connectivity index (χ0) is 26.5. The van der Waals surface area contributed by atoms with E-state index in [-0.39, 0.29) is 24.2 Å². The van der Waals surface area contributed by atoms with Crippen LogP contribution in [0.3, 0.4) is 0 Å². The minimum Gasteiger partial charge on any atom is -0.493 e. The van der Waals surface area contributed by atoms with Gasteiger partial charge in [-0.25, -0.2) is 4.79 Å². The van der Waals surface area contributed by atoms with E-state index in [0.717, 1.165) is 35.3 Å². The lowest BCUT2D eigenvalue weighted by atomic mass is 10.1. The summed E-state index contributed by atoms with van der Waals surface area (Å²) < 4.78 is 23.5. The SMILES string of the molecule is CCOC(=O)c1c(NC(=O)CSc2nnc(-c3cc(OC)c(OC)c(OC)c3)n2CC)sc2c1CCC2. The number of nitrogens with one attached hydrogen (secondary N) is 1. The molecule has 0 saturated carbocycles. The number of carbonyl (C=O) groups is 2. The van der Waals surface area contributed by atoms with Gasteiger partial charge in [0.25, 0.3) is 0 Å². The van der Waals surface area contributed by atoms with Crippen molar-refractivity contribution in [2.45, 2.75) is 44.8 Å². The number of thiophene rings is 1. The number of aromatic nitrogens is 3. The van der Waals surface area contributed by atoms with Gasteiger partial charge in [-0.05, 0) is 50.8 Å². The maximum absolute atomic E-state index is 12.9. The molecule has 0 unspecified atom stereocenters. The number of carbonyl (C=O) groups excluding carboxylic acids is 2. The summed E-state index contributed by atoms with van der Waals surface area (Å²) in [6, 6.07) is 3.62. The van der Waals surface area contributed by atoms with E-state index in [1.165, 1.54) is 23.1 Å². The molecule has 1 N–H and O–H groups in total. The lowest BCUT2D eigenvalue weighted by molar-refractivity contribution is -0.113. The number of thioether (sulfide) groups is 1. The van der Waals surface area contributed by atoms with Gasteiger partial charge in [-0.1, -0.05) is 11.8 Å². The molecule has 10 nitrogen and oxygen atoms in total. The van der Waals surface area contributed by atoms with Crippen LogP contribution in [0.4, 0.5) is 5.00 Å². The topological polar surface area (TPSA) is 114 Å². The van der Waals surface area contributed by atoms with E-state index in [9.17, 15) is 9.59 Å². The Balaban J connectivity index is 1.52. The molecular weight excluding hydrogens is 516 g/mol. The summed E-state index contributed by atoms with van der Waals surface area (Å²) in [6.07, 6.45) is 2.76. The Morgan fingerprint density at radius 1 is 1.08 bits per heavy atom. The molecule has 3 aromatic rings. The van der Waals surface area contributed by atoms with E-state index in [1.54, 1.807) is 28.3 Å². The molecule has 0 radical (unpaired) electrons. The lowest BCUT2D eigenvalue weighted by Gasteiger charge is -2.14. The molecule has 0 aliphatic heterocycles. The molecule has 198 valence electrons. The van der Waals surface area contributed by atoms with Crippen LogP contribution < -0.4 is 19.5 Å². The number of hydrogen-bond donors (Lipinski definition) is 1. The quantitative estimate of drug-likeness (QED) is 0.275. The number of anilines is 1. The summed E-state index contributed by atoms with van der Waals surface area (Å²) in [5.74, 6) is 1.63. The predicted molar refractivity (Wildman–Crippen MR) is 142 cm³/mol. The first-order valence-electron chi connectivity index (χ1n) is 11.9. The van der Waals surface area contributed by atoms with Crippen LogP contribution in [0.15, 0.2) is 17.3 Å². The van der Waals surface area contributed by atoms with Crippen LogP contribution >= 0.6 is 23.1 Å². The van der Waals surface area contributed by atoms with Crippen LogP contribution in [0, 0.1) is 0 Å². The first-order valence-corrected chi connectivity index (χ1v) is 13.7. The van der Waals surface area contributed by atoms with E-state index in [1.807, 2.05) is 23.6 Å².